The third-order valence-corrected chi connectivity index (χ3v) is 6.81. The minimum Gasteiger partial charge on any atom is -0.361 e. The van der Waals surface area contributed by atoms with Gasteiger partial charge in [-0.2, -0.15) is 0 Å². The van der Waals surface area contributed by atoms with E-state index in [9.17, 15) is 13.2 Å². The molecule has 2 heterocycles. The highest BCUT2D eigenvalue weighted by Crippen LogP contribution is 2.27. The second-order valence-corrected chi connectivity index (χ2v) is 8.60. The molecule has 1 N–H and O–H groups in total. The fourth-order valence-corrected chi connectivity index (χ4v) is 4.94. The van der Waals surface area contributed by atoms with Gasteiger partial charge in [0.1, 0.15) is 5.76 Å². The Morgan fingerprint density at radius 3 is 2.46 bits per heavy atom. The van der Waals surface area contributed by atoms with Crippen molar-refractivity contribution in [1.29, 1.82) is 0 Å². The SMILES string of the molecule is CCc1noc(C)c1CNS(=O)(=O)c1cc2c(cc1Br)n(C)c(=O)n2C. The van der Waals surface area contributed by atoms with Crippen molar-refractivity contribution in [3.8, 4) is 0 Å². The maximum Gasteiger partial charge on any atom is 0.328 e. The Bertz CT molecular complexity index is 1160. The van der Waals surface area contributed by atoms with Crippen LogP contribution in [0.1, 0.15) is 23.9 Å². The van der Waals surface area contributed by atoms with Gasteiger partial charge in [0, 0.05) is 30.7 Å². The monoisotopic (exact) mass is 442 g/mol. The molecule has 26 heavy (non-hydrogen) atoms. The van der Waals surface area contributed by atoms with Gasteiger partial charge in [0.25, 0.3) is 0 Å². The maximum absolute atomic E-state index is 12.8. The van der Waals surface area contributed by atoms with Crippen molar-refractivity contribution in [3.63, 3.8) is 0 Å². The number of aromatic nitrogens is 3. The number of fused-ring (bicyclic) bond motifs is 1. The molecule has 1 aromatic carbocycles. The van der Waals surface area contributed by atoms with Crippen molar-refractivity contribution in [2.24, 2.45) is 14.1 Å². The zero-order valence-electron chi connectivity index (χ0n) is 14.8. The van der Waals surface area contributed by atoms with Gasteiger partial charge in [-0.05, 0) is 41.4 Å². The molecule has 0 spiro atoms. The van der Waals surface area contributed by atoms with Crippen molar-refractivity contribution in [2.45, 2.75) is 31.7 Å². The van der Waals surface area contributed by atoms with E-state index in [0.29, 0.717) is 27.7 Å². The number of sulfonamides is 1. The Labute approximate surface area is 159 Å². The summed E-state index contributed by atoms with van der Waals surface area (Å²) in [6, 6.07) is 3.12. The van der Waals surface area contributed by atoms with E-state index in [2.05, 4.69) is 25.8 Å². The molecular formula is C16H19BrN4O4S. The summed E-state index contributed by atoms with van der Waals surface area (Å²) in [4.78, 5) is 12.1. The van der Waals surface area contributed by atoms with Gasteiger partial charge in [-0.25, -0.2) is 17.9 Å². The first-order chi connectivity index (χ1) is 12.2. The van der Waals surface area contributed by atoms with Gasteiger partial charge in [0.15, 0.2) is 0 Å². The van der Waals surface area contributed by atoms with Crippen molar-refractivity contribution in [1.82, 2.24) is 19.0 Å². The molecule has 0 saturated heterocycles. The van der Waals surface area contributed by atoms with Crippen LogP contribution in [0.15, 0.2) is 30.8 Å². The van der Waals surface area contributed by atoms with Crippen LogP contribution in [-0.4, -0.2) is 22.7 Å². The van der Waals surface area contributed by atoms with E-state index in [-0.39, 0.29) is 17.1 Å². The van der Waals surface area contributed by atoms with Crippen molar-refractivity contribution in [3.05, 3.63) is 44.1 Å². The van der Waals surface area contributed by atoms with Gasteiger partial charge in [0.2, 0.25) is 10.0 Å². The molecular weight excluding hydrogens is 424 g/mol. The highest BCUT2D eigenvalue weighted by atomic mass is 79.9. The van der Waals surface area contributed by atoms with E-state index in [1.807, 2.05) is 6.92 Å². The average molecular weight is 443 g/mol. The highest BCUT2D eigenvalue weighted by Gasteiger charge is 2.22. The molecule has 0 radical (unpaired) electrons. The molecule has 0 atom stereocenters. The number of hydrogen-bond acceptors (Lipinski definition) is 5. The fraction of sp³-hybridized carbons (Fsp3) is 0.375. The van der Waals surface area contributed by atoms with Gasteiger partial charge in [-0.1, -0.05) is 12.1 Å². The molecule has 0 fully saturated rings. The van der Waals surface area contributed by atoms with Gasteiger partial charge >= 0.3 is 5.69 Å². The summed E-state index contributed by atoms with van der Waals surface area (Å²) in [5, 5.41) is 3.93. The summed E-state index contributed by atoms with van der Waals surface area (Å²) in [5.74, 6) is 0.588. The van der Waals surface area contributed by atoms with E-state index >= 15 is 0 Å². The summed E-state index contributed by atoms with van der Waals surface area (Å²) in [7, 11) is -0.561. The van der Waals surface area contributed by atoms with Crippen LogP contribution in [0.25, 0.3) is 11.0 Å². The summed E-state index contributed by atoms with van der Waals surface area (Å²) >= 11 is 3.31. The van der Waals surface area contributed by atoms with Gasteiger partial charge in [-0.3, -0.25) is 9.13 Å². The number of imidazole rings is 1. The average Bonchev–Trinajstić information content (AvgIpc) is 3.05. The van der Waals surface area contributed by atoms with Crippen molar-refractivity contribution >= 4 is 37.0 Å². The van der Waals surface area contributed by atoms with E-state index in [1.54, 1.807) is 27.1 Å². The summed E-state index contributed by atoms with van der Waals surface area (Å²) < 4.78 is 36.6. The Morgan fingerprint density at radius 1 is 1.23 bits per heavy atom. The second-order valence-electron chi connectivity index (χ2n) is 6.01. The molecule has 0 bridgehead atoms. The molecule has 0 aliphatic rings. The Kier molecular flexibility index (Phi) is 4.84. The molecule has 10 heteroatoms. The summed E-state index contributed by atoms with van der Waals surface area (Å²) in [6.07, 6.45) is 0.649. The van der Waals surface area contributed by atoms with Crippen molar-refractivity contribution < 1.29 is 12.9 Å². The molecule has 2 aromatic heterocycles. The number of nitrogens with one attached hydrogen (secondary N) is 1. The minimum atomic E-state index is -3.81. The third-order valence-electron chi connectivity index (χ3n) is 4.46. The molecule has 0 unspecified atom stereocenters. The van der Waals surface area contributed by atoms with E-state index in [4.69, 9.17) is 4.52 Å². The van der Waals surface area contributed by atoms with Crippen LogP contribution < -0.4 is 10.4 Å². The molecule has 8 nitrogen and oxygen atoms in total. The zero-order chi connectivity index (χ0) is 19.2. The lowest BCUT2D eigenvalue weighted by atomic mass is 10.1. The van der Waals surface area contributed by atoms with E-state index in [0.717, 1.165) is 11.3 Å². The van der Waals surface area contributed by atoms with Crippen LogP contribution in [0, 0.1) is 6.92 Å². The maximum atomic E-state index is 12.8. The van der Waals surface area contributed by atoms with Crippen LogP contribution in [0.5, 0.6) is 0 Å². The Balaban J connectivity index is 2.01. The molecule has 3 aromatic rings. The summed E-state index contributed by atoms with van der Waals surface area (Å²) in [6.45, 7) is 3.76. The molecule has 0 aliphatic carbocycles. The lowest BCUT2D eigenvalue weighted by Crippen LogP contribution is -2.24. The topological polar surface area (TPSA) is 99.1 Å². The van der Waals surface area contributed by atoms with Gasteiger partial charge in [0.05, 0.1) is 21.6 Å². The first-order valence-electron chi connectivity index (χ1n) is 7.96. The van der Waals surface area contributed by atoms with Crippen LogP contribution in [0.3, 0.4) is 0 Å². The zero-order valence-corrected chi connectivity index (χ0v) is 17.2. The normalized spacial score (nSPS) is 12.2. The number of aryl methyl sites for hydroxylation is 4. The Hall–Kier alpha value is -1.91. The fourth-order valence-electron chi connectivity index (χ4n) is 2.89. The van der Waals surface area contributed by atoms with Crippen LogP contribution in [0.4, 0.5) is 0 Å². The molecule has 0 amide bonds. The standard InChI is InChI=1S/C16H19BrN4O4S/c1-5-12-10(9(2)25-19-12)8-18-26(23,24)15-7-14-13(6-11(15)17)20(3)16(22)21(14)4/h6-7,18H,5,8H2,1-4H3. The predicted octanol–water partition coefficient (Wildman–Crippen LogP) is 1.98. The number of benzene rings is 1. The van der Waals surface area contributed by atoms with Crippen molar-refractivity contribution in [2.75, 3.05) is 0 Å². The number of rotatable bonds is 5. The van der Waals surface area contributed by atoms with Crippen LogP contribution >= 0.6 is 15.9 Å². The van der Waals surface area contributed by atoms with E-state index < -0.39 is 10.0 Å². The van der Waals surface area contributed by atoms with Gasteiger partial charge < -0.3 is 4.52 Å². The van der Waals surface area contributed by atoms with Gasteiger partial charge in [-0.15, -0.1) is 0 Å². The minimum absolute atomic E-state index is 0.0679. The first-order valence-corrected chi connectivity index (χ1v) is 10.2. The lowest BCUT2D eigenvalue weighted by molar-refractivity contribution is 0.390. The number of halogens is 1. The lowest BCUT2D eigenvalue weighted by Gasteiger charge is -2.10. The second kappa shape index (κ2) is 6.67. The molecule has 140 valence electrons. The smallest absolute Gasteiger partial charge is 0.328 e. The Morgan fingerprint density at radius 2 is 1.85 bits per heavy atom. The molecule has 0 aliphatic heterocycles. The van der Waals surface area contributed by atoms with Crippen LogP contribution in [0.2, 0.25) is 0 Å². The highest BCUT2D eigenvalue weighted by molar-refractivity contribution is 9.10. The summed E-state index contributed by atoms with van der Waals surface area (Å²) in [5.41, 5.74) is 2.43. The largest absolute Gasteiger partial charge is 0.361 e. The van der Waals surface area contributed by atoms with Crippen LogP contribution in [-0.2, 0) is 37.1 Å². The number of hydrogen-bond donors (Lipinski definition) is 1. The molecule has 3 rings (SSSR count). The van der Waals surface area contributed by atoms with E-state index in [1.165, 1.54) is 15.2 Å². The predicted molar refractivity (Wildman–Crippen MR) is 101 cm³/mol. The number of nitrogens with zero attached hydrogens (tertiary/aromatic N) is 3. The first kappa shape index (κ1) is 18.9. The quantitative estimate of drug-likeness (QED) is 0.650. The third kappa shape index (κ3) is 3.01. The molecule has 0 saturated carbocycles.